The van der Waals surface area contributed by atoms with Crippen molar-refractivity contribution in [3.63, 3.8) is 0 Å². The summed E-state index contributed by atoms with van der Waals surface area (Å²) in [6.45, 7) is 2.49. The molecule has 1 N–H and O–H groups in total. The Bertz CT molecular complexity index is 1600. The zero-order chi connectivity index (χ0) is 26.6. The van der Waals surface area contributed by atoms with E-state index >= 15 is 0 Å². The minimum absolute atomic E-state index is 0.0194. The largest absolute Gasteiger partial charge is 0.439 e. The first-order valence-corrected chi connectivity index (χ1v) is 13.9. The molecule has 10 heteroatoms. The van der Waals surface area contributed by atoms with Gasteiger partial charge in [-0.05, 0) is 35.6 Å². The van der Waals surface area contributed by atoms with Gasteiger partial charge < -0.3 is 4.57 Å². The number of rotatable bonds is 10. The fourth-order valence-electron chi connectivity index (χ4n) is 4.15. The Hall–Kier alpha value is -3.76. The molecular weight excluding hydrogens is 492 g/mol. The summed E-state index contributed by atoms with van der Waals surface area (Å²) in [5.74, 6) is -0.262. The summed E-state index contributed by atoms with van der Waals surface area (Å²) in [4.78, 5) is 27.4. The van der Waals surface area contributed by atoms with Gasteiger partial charge in [-0.3, -0.25) is 14.3 Å². The SMILES string of the molecule is CCCCc1ccc(CN(C)S(C)(=O)=O)c(=O)n1Cc1ccc(-c2ccccc2-c2noc(=O)[nH]2)cc1. The van der Waals surface area contributed by atoms with E-state index in [1.54, 1.807) is 10.6 Å². The lowest BCUT2D eigenvalue weighted by molar-refractivity contribution is 0.388. The van der Waals surface area contributed by atoms with E-state index in [-0.39, 0.29) is 12.1 Å². The molecule has 0 saturated carbocycles. The highest BCUT2D eigenvalue weighted by atomic mass is 32.2. The molecular formula is C27H30N4O5S. The lowest BCUT2D eigenvalue weighted by Gasteiger charge is -2.18. The lowest BCUT2D eigenvalue weighted by atomic mass is 9.98. The van der Waals surface area contributed by atoms with Crippen LogP contribution in [-0.4, -0.2) is 40.7 Å². The summed E-state index contributed by atoms with van der Waals surface area (Å²) in [6.07, 6.45) is 3.83. The standard InChI is InChI=1S/C27H30N4O5S/c1-4-5-8-22-16-15-21(18-30(2)37(3,34)35)26(32)31(22)17-19-11-13-20(14-12-19)23-9-6-7-10-24(23)25-28-27(33)36-29-25/h6-7,9-16H,4-5,8,17-18H2,1-3H3,(H,28,29,33). The van der Waals surface area contributed by atoms with Crippen molar-refractivity contribution in [1.29, 1.82) is 0 Å². The van der Waals surface area contributed by atoms with Gasteiger partial charge >= 0.3 is 5.76 Å². The van der Waals surface area contributed by atoms with Crippen LogP contribution in [0.15, 0.2) is 74.8 Å². The van der Waals surface area contributed by atoms with E-state index in [2.05, 4.69) is 21.6 Å². The average molecular weight is 523 g/mol. The van der Waals surface area contributed by atoms with Crippen LogP contribution in [0.5, 0.6) is 0 Å². The lowest BCUT2D eigenvalue weighted by Crippen LogP contribution is -2.32. The van der Waals surface area contributed by atoms with Gasteiger partial charge in [-0.2, -0.15) is 0 Å². The third-order valence-electron chi connectivity index (χ3n) is 6.32. The molecule has 0 fully saturated rings. The molecule has 4 rings (SSSR count). The van der Waals surface area contributed by atoms with Crippen molar-refractivity contribution in [2.24, 2.45) is 0 Å². The second kappa shape index (κ2) is 11.1. The van der Waals surface area contributed by atoms with Gasteiger partial charge in [0.15, 0.2) is 5.82 Å². The number of benzene rings is 2. The Morgan fingerprint density at radius 1 is 1.00 bits per heavy atom. The first-order chi connectivity index (χ1) is 17.7. The quantitative estimate of drug-likeness (QED) is 0.340. The van der Waals surface area contributed by atoms with Gasteiger partial charge in [0.1, 0.15) is 0 Å². The molecule has 0 aliphatic rings. The van der Waals surface area contributed by atoms with Crippen molar-refractivity contribution in [3.8, 4) is 22.5 Å². The average Bonchev–Trinajstić information content (AvgIpc) is 3.31. The van der Waals surface area contributed by atoms with Crippen molar-refractivity contribution in [3.05, 3.63) is 98.4 Å². The third-order valence-corrected chi connectivity index (χ3v) is 7.58. The molecule has 194 valence electrons. The first kappa shape index (κ1) is 26.3. The molecule has 0 amide bonds. The highest BCUT2D eigenvalue weighted by Crippen LogP contribution is 2.30. The summed E-state index contributed by atoms with van der Waals surface area (Å²) in [5.41, 5.74) is 4.64. The van der Waals surface area contributed by atoms with Crippen LogP contribution in [0.3, 0.4) is 0 Å². The van der Waals surface area contributed by atoms with Crippen LogP contribution in [0.1, 0.15) is 36.6 Å². The van der Waals surface area contributed by atoms with Crippen LogP contribution in [0.25, 0.3) is 22.5 Å². The molecule has 9 nitrogen and oxygen atoms in total. The summed E-state index contributed by atoms with van der Waals surface area (Å²) < 4.78 is 31.4. The van der Waals surface area contributed by atoms with E-state index in [0.717, 1.165) is 53.5 Å². The Morgan fingerprint density at radius 2 is 1.70 bits per heavy atom. The molecule has 4 aromatic rings. The smallest absolute Gasteiger partial charge is 0.308 e. The fourth-order valence-corrected chi connectivity index (χ4v) is 4.52. The van der Waals surface area contributed by atoms with Crippen LogP contribution in [0.4, 0.5) is 0 Å². The number of aromatic nitrogens is 3. The molecule has 2 aromatic heterocycles. The van der Waals surface area contributed by atoms with E-state index in [0.29, 0.717) is 17.9 Å². The summed E-state index contributed by atoms with van der Waals surface area (Å²) in [7, 11) is -1.94. The second-order valence-corrected chi connectivity index (χ2v) is 11.1. The number of aromatic amines is 1. The molecule has 0 aliphatic carbocycles. The number of unbranched alkanes of at least 4 members (excludes halogenated alkanes) is 1. The number of hydrogen-bond donors (Lipinski definition) is 1. The Kier molecular flexibility index (Phi) is 7.89. The predicted molar refractivity (Wildman–Crippen MR) is 143 cm³/mol. The van der Waals surface area contributed by atoms with Gasteiger partial charge in [-0.1, -0.05) is 73.1 Å². The van der Waals surface area contributed by atoms with E-state index in [1.807, 2.05) is 54.6 Å². The zero-order valence-corrected chi connectivity index (χ0v) is 21.9. The topological polar surface area (TPSA) is 118 Å². The van der Waals surface area contributed by atoms with Crippen molar-refractivity contribution in [2.45, 2.75) is 39.3 Å². The molecule has 2 aromatic carbocycles. The molecule has 0 spiro atoms. The normalized spacial score (nSPS) is 11.8. The van der Waals surface area contributed by atoms with Crippen LogP contribution in [0, 0.1) is 0 Å². The Labute approximate surface area is 215 Å². The van der Waals surface area contributed by atoms with Gasteiger partial charge in [0.2, 0.25) is 10.0 Å². The number of nitrogens with one attached hydrogen (secondary N) is 1. The number of nitrogens with zero attached hydrogens (tertiary/aromatic N) is 3. The number of aryl methyl sites for hydroxylation is 1. The Morgan fingerprint density at radius 3 is 2.32 bits per heavy atom. The predicted octanol–water partition coefficient (Wildman–Crippen LogP) is 3.64. The number of sulfonamides is 1. The van der Waals surface area contributed by atoms with Crippen LogP contribution < -0.4 is 11.3 Å². The Balaban J connectivity index is 1.66. The molecule has 2 heterocycles. The van der Waals surface area contributed by atoms with Crippen molar-refractivity contribution < 1.29 is 12.9 Å². The first-order valence-electron chi connectivity index (χ1n) is 12.0. The van der Waals surface area contributed by atoms with Gasteiger partial charge in [-0.15, -0.1) is 0 Å². The van der Waals surface area contributed by atoms with E-state index in [4.69, 9.17) is 0 Å². The molecule has 0 atom stereocenters. The number of H-pyrrole nitrogens is 1. The van der Waals surface area contributed by atoms with Gasteiger partial charge in [0.25, 0.3) is 5.56 Å². The van der Waals surface area contributed by atoms with E-state index in [1.165, 1.54) is 11.4 Å². The van der Waals surface area contributed by atoms with E-state index in [9.17, 15) is 18.0 Å². The summed E-state index contributed by atoms with van der Waals surface area (Å²) >= 11 is 0. The van der Waals surface area contributed by atoms with Gasteiger partial charge in [-0.25, -0.2) is 17.5 Å². The third kappa shape index (κ3) is 6.15. The van der Waals surface area contributed by atoms with E-state index < -0.39 is 15.8 Å². The highest BCUT2D eigenvalue weighted by Gasteiger charge is 2.16. The molecule has 0 radical (unpaired) electrons. The minimum atomic E-state index is -3.41. The van der Waals surface area contributed by atoms with Crippen LogP contribution in [-0.2, 0) is 29.5 Å². The summed E-state index contributed by atoms with van der Waals surface area (Å²) in [6, 6.07) is 19.1. The van der Waals surface area contributed by atoms with Crippen molar-refractivity contribution in [1.82, 2.24) is 19.0 Å². The minimum Gasteiger partial charge on any atom is -0.308 e. The van der Waals surface area contributed by atoms with Crippen molar-refractivity contribution in [2.75, 3.05) is 13.3 Å². The molecule has 0 saturated heterocycles. The van der Waals surface area contributed by atoms with Crippen LogP contribution in [0.2, 0.25) is 0 Å². The van der Waals surface area contributed by atoms with Crippen molar-refractivity contribution >= 4 is 10.0 Å². The number of pyridine rings is 1. The monoisotopic (exact) mass is 522 g/mol. The molecule has 37 heavy (non-hydrogen) atoms. The number of hydrogen-bond acceptors (Lipinski definition) is 6. The maximum Gasteiger partial charge on any atom is 0.439 e. The fraction of sp³-hybridized carbons (Fsp3) is 0.296. The second-order valence-electron chi connectivity index (χ2n) is 9.05. The maximum atomic E-state index is 13.4. The highest BCUT2D eigenvalue weighted by molar-refractivity contribution is 7.88. The maximum absolute atomic E-state index is 13.4. The van der Waals surface area contributed by atoms with Crippen LogP contribution >= 0.6 is 0 Å². The van der Waals surface area contributed by atoms with Gasteiger partial charge in [0.05, 0.1) is 12.8 Å². The summed E-state index contributed by atoms with van der Waals surface area (Å²) in [5, 5.41) is 3.81. The van der Waals surface area contributed by atoms with Gasteiger partial charge in [0, 0.05) is 30.4 Å². The molecule has 0 unspecified atom stereocenters. The molecule has 0 bridgehead atoms. The molecule has 0 aliphatic heterocycles. The zero-order valence-electron chi connectivity index (χ0n) is 21.1.